The van der Waals surface area contributed by atoms with Crippen LogP contribution in [0.2, 0.25) is 0 Å². The summed E-state index contributed by atoms with van der Waals surface area (Å²) >= 11 is 0. The maximum atomic E-state index is 11.3. The number of fused-ring (bicyclic) bond motifs is 5. The summed E-state index contributed by atoms with van der Waals surface area (Å²) in [6, 6.07) is 0. The zero-order valence-corrected chi connectivity index (χ0v) is 23.7. The minimum Gasteiger partial charge on any atom is -0.392 e. The molecule has 0 aromatic rings. The first-order valence-electron chi connectivity index (χ1n) is 14.2. The first-order chi connectivity index (χ1) is 16.5. The highest BCUT2D eigenvalue weighted by Crippen LogP contribution is 2.75. The zero-order valence-electron chi connectivity index (χ0n) is 23.7. The highest BCUT2D eigenvalue weighted by atomic mass is 16.4. The molecule has 5 N–H and O–H groups in total. The van der Waals surface area contributed by atoms with Crippen LogP contribution in [0.25, 0.3) is 0 Å². The number of hydrogen-bond acceptors (Lipinski definition) is 5. The topological polar surface area (TPSA) is 101 Å². The first kappa shape index (κ1) is 28.3. The average Bonchev–Trinajstić information content (AvgIpc) is 3.06. The molecule has 5 nitrogen and oxygen atoms in total. The fourth-order valence-corrected chi connectivity index (χ4v) is 9.71. The van der Waals surface area contributed by atoms with Gasteiger partial charge in [0.05, 0.1) is 17.8 Å². The van der Waals surface area contributed by atoms with Crippen LogP contribution in [0, 0.1) is 45.3 Å². The van der Waals surface area contributed by atoms with Crippen molar-refractivity contribution in [2.24, 2.45) is 45.3 Å². The summed E-state index contributed by atoms with van der Waals surface area (Å²) in [4.78, 5) is 0. The van der Waals surface area contributed by atoms with Crippen LogP contribution in [0.3, 0.4) is 0 Å². The summed E-state index contributed by atoms with van der Waals surface area (Å²) in [5, 5.41) is 53.6. The number of aliphatic hydroxyl groups is 5. The van der Waals surface area contributed by atoms with Gasteiger partial charge in [0.25, 0.3) is 0 Å². The molecule has 36 heavy (non-hydrogen) atoms. The Balaban J connectivity index is 1.66. The molecule has 0 saturated heterocycles. The van der Waals surface area contributed by atoms with Crippen LogP contribution < -0.4 is 0 Å². The summed E-state index contributed by atoms with van der Waals surface area (Å²) < 4.78 is 0. The van der Waals surface area contributed by atoms with E-state index in [1.165, 1.54) is 19.4 Å². The van der Waals surface area contributed by atoms with E-state index in [0.717, 1.165) is 44.9 Å². The van der Waals surface area contributed by atoms with Gasteiger partial charge in [-0.15, -0.1) is 6.58 Å². The lowest BCUT2D eigenvalue weighted by molar-refractivity contribution is -0.167. The fourth-order valence-electron chi connectivity index (χ4n) is 9.71. The van der Waals surface area contributed by atoms with Gasteiger partial charge in [-0.25, -0.2) is 0 Å². The molecular formula is C31H52O5. The predicted octanol–water partition coefficient (Wildman–Crippen LogP) is 4.61. The van der Waals surface area contributed by atoms with Crippen LogP contribution in [-0.4, -0.2) is 55.5 Å². The van der Waals surface area contributed by atoms with Crippen LogP contribution in [0.5, 0.6) is 0 Å². The highest BCUT2D eigenvalue weighted by Gasteiger charge is 2.68. The number of aliphatic hydroxyl groups excluding tert-OH is 4. The Kier molecular flexibility index (Phi) is 7.00. The van der Waals surface area contributed by atoms with E-state index in [1.807, 2.05) is 0 Å². The van der Waals surface area contributed by atoms with Gasteiger partial charge in [0.1, 0.15) is 12.2 Å². The molecular weight excluding hydrogens is 452 g/mol. The minimum absolute atomic E-state index is 0.0362. The quantitative estimate of drug-likeness (QED) is 0.340. The molecule has 0 aliphatic heterocycles. The molecule has 0 amide bonds. The lowest BCUT2D eigenvalue weighted by atomic mass is 9.39. The molecule has 0 heterocycles. The minimum atomic E-state index is -1.51. The second-order valence-electron chi connectivity index (χ2n) is 14.7. The molecule has 4 aliphatic rings. The van der Waals surface area contributed by atoms with Gasteiger partial charge in [-0.05, 0) is 92.8 Å². The molecule has 4 rings (SSSR count). The maximum absolute atomic E-state index is 11.3. The molecule has 0 radical (unpaired) electrons. The van der Waals surface area contributed by atoms with Crippen molar-refractivity contribution < 1.29 is 25.5 Å². The number of rotatable bonds is 6. The Morgan fingerprint density at radius 1 is 0.944 bits per heavy atom. The Morgan fingerprint density at radius 2 is 1.58 bits per heavy atom. The molecule has 206 valence electrons. The van der Waals surface area contributed by atoms with E-state index in [-0.39, 0.29) is 39.6 Å². The summed E-state index contributed by atoms with van der Waals surface area (Å²) in [6.45, 7) is 18.7. The maximum Gasteiger partial charge on any atom is 0.110 e. The highest BCUT2D eigenvalue weighted by molar-refractivity contribution is 5.30. The predicted molar refractivity (Wildman–Crippen MR) is 143 cm³/mol. The lowest BCUT2D eigenvalue weighted by Gasteiger charge is -2.66. The summed E-state index contributed by atoms with van der Waals surface area (Å²) in [7, 11) is 0. The summed E-state index contributed by atoms with van der Waals surface area (Å²) in [5.41, 5.74) is -0.000123. The van der Waals surface area contributed by atoms with E-state index < -0.39 is 23.9 Å². The molecule has 0 aromatic heterocycles. The molecule has 2 unspecified atom stereocenters. The van der Waals surface area contributed by atoms with E-state index in [1.54, 1.807) is 6.08 Å². The molecule has 4 aliphatic carbocycles. The molecule has 0 bridgehead atoms. The van der Waals surface area contributed by atoms with Gasteiger partial charge in [-0.2, -0.15) is 0 Å². The van der Waals surface area contributed by atoms with E-state index >= 15 is 0 Å². The summed E-state index contributed by atoms with van der Waals surface area (Å²) in [6.07, 6.45) is 6.98. The van der Waals surface area contributed by atoms with Crippen LogP contribution in [0.4, 0.5) is 0 Å². The van der Waals surface area contributed by atoms with Crippen LogP contribution in [0.1, 0.15) is 93.4 Å². The number of allylic oxidation sites excluding steroid dienone is 1. The van der Waals surface area contributed by atoms with Crippen molar-refractivity contribution in [1.82, 2.24) is 0 Å². The molecule has 3 fully saturated rings. The van der Waals surface area contributed by atoms with Gasteiger partial charge in [0.2, 0.25) is 0 Å². The third kappa shape index (κ3) is 3.82. The van der Waals surface area contributed by atoms with Crippen molar-refractivity contribution in [3.63, 3.8) is 0 Å². The standard InChI is InChI=1S/C31H52O5/c1-9-18(24(33)25(34)26(35)28(4,5)36)19-14-15-31(8)22-12-10-20-21(11-13-23(32)27(20,2)3)29(22,6)16-17-30(19,31)7/h9-10,18-19,21-26,32-36H,1,11-17H2,2-8H3/t18-,19+,21?,22?,23-,24-,25+,26+,29-,30+,31-/m0/s1. The van der Waals surface area contributed by atoms with Crippen molar-refractivity contribution in [1.29, 1.82) is 0 Å². The Hall–Kier alpha value is -0.720. The van der Waals surface area contributed by atoms with Gasteiger partial charge >= 0.3 is 0 Å². The second kappa shape index (κ2) is 8.91. The largest absolute Gasteiger partial charge is 0.392 e. The third-order valence-corrected chi connectivity index (χ3v) is 12.4. The van der Waals surface area contributed by atoms with Crippen molar-refractivity contribution in [2.75, 3.05) is 0 Å². The lowest BCUT2D eigenvalue weighted by Crippen LogP contribution is -2.60. The van der Waals surface area contributed by atoms with Gasteiger partial charge in [0, 0.05) is 11.3 Å². The van der Waals surface area contributed by atoms with Gasteiger partial charge in [0.15, 0.2) is 0 Å². The van der Waals surface area contributed by atoms with Crippen LogP contribution >= 0.6 is 0 Å². The Morgan fingerprint density at radius 3 is 2.17 bits per heavy atom. The normalized spacial score (nSPS) is 45.4. The zero-order chi connectivity index (χ0) is 27.1. The number of hydrogen-bond donors (Lipinski definition) is 5. The van der Waals surface area contributed by atoms with E-state index in [9.17, 15) is 25.5 Å². The van der Waals surface area contributed by atoms with Crippen molar-refractivity contribution >= 4 is 0 Å². The molecule has 0 aromatic carbocycles. The van der Waals surface area contributed by atoms with Gasteiger partial charge < -0.3 is 25.5 Å². The SMILES string of the molecule is C=C[C@H]([C@H](O)[C@@H](O)[C@@H](O)C(C)(C)O)[C@H]1CC[C@@]2(C)C3CC=C4C(CC[C@H](O)C4(C)C)[C@]3(C)CC[C@]12C. The summed E-state index contributed by atoms with van der Waals surface area (Å²) in [5.74, 6) is 0.785. The second-order valence-corrected chi connectivity index (χ2v) is 14.7. The van der Waals surface area contributed by atoms with Crippen LogP contribution in [0.15, 0.2) is 24.3 Å². The van der Waals surface area contributed by atoms with E-state index in [4.69, 9.17) is 0 Å². The molecule has 0 spiro atoms. The Labute approximate surface area is 218 Å². The molecule has 5 heteroatoms. The van der Waals surface area contributed by atoms with Crippen molar-refractivity contribution in [2.45, 2.75) is 123 Å². The van der Waals surface area contributed by atoms with Crippen molar-refractivity contribution in [3.8, 4) is 0 Å². The fraction of sp³-hybridized carbons (Fsp3) is 0.871. The third-order valence-electron chi connectivity index (χ3n) is 12.4. The van der Waals surface area contributed by atoms with Crippen molar-refractivity contribution in [3.05, 3.63) is 24.3 Å². The van der Waals surface area contributed by atoms with Crippen LogP contribution in [-0.2, 0) is 0 Å². The van der Waals surface area contributed by atoms with E-state index in [0.29, 0.717) is 11.8 Å². The van der Waals surface area contributed by atoms with E-state index in [2.05, 4.69) is 47.3 Å². The molecule has 3 saturated carbocycles. The Bertz CT molecular complexity index is 888. The monoisotopic (exact) mass is 504 g/mol. The first-order valence-corrected chi connectivity index (χ1v) is 14.2. The molecule has 11 atom stereocenters. The average molecular weight is 505 g/mol. The van der Waals surface area contributed by atoms with Gasteiger partial charge in [-0.3, -0.25) is 0 Å². The smallest absolute Gasteiger partial charge is 0.110 e. The van der Waals surface area contributed by atoms with Gasteiger partial charge in [-0.1, -0.05) is 52.3 Å².